The Kier molecular flexibility index (Phi) is 2.99. The van der Waals surface area contributed by atoms with Crippen LogP contribution < -0.4 is 5.73 Å². The Balaban J connectivity index is 1.94. The van der Waals surface area contributed by atoms with Crippen LogP contribution >= 0.6 is 22.9 Å². The van der Waals surface area contributed by atoms with E-state index in [9.17, 15) is 4.39 Å². The average molecular weight is 283 g/mol. The third kappa shape index (κ3) is 2.22. The Morgan fingerprint density at radius 1 is 1.44 bits per heavy atom. The van der Waals surface area contributed by atoms with Crippen LogP contribution in [0.1, 0.15) is 34.9 Å². The summed E-state index contributed by atoms with van der Waals surface area (Å²) in [6.45, 7) is 0. The maximum Gasteiger partial charge on any atom is 0.180 e. The van der Waals surface area contributed by atoms with Gasteiger partial charge in [0.25, 0.3) is 0 Å². The van der Waals surface area contributed by atoms with Crippen LogP contribution in [0.2, 0.25) is 5.02 Å². The minimum absolute atomic E-state index is 0.165. The molecule has 1 aliphatic rings. The summed E-state index contributed by atoms with van der Waals surface area (Å²) < 4.78 is 13.9. The molecule has 0 radical (unpaired) electrons. The fourth-order valence-corrected chi connectivity index (χ4v) is 3.18. The van der Waals surface area contributed by atoms with Gasteiger partial charge in [0.15, 0.2) is 5.13 Å². The molecule has 0 aliphatic heterocycles. The molecule has 0 atom stereocenters. The predicted molar refractivity (Wildman–Crippen MR) is 72.7 cm³/mol. The molecule has 2 aromatic rings. The van der Waals surface area contributed by atoms with Gasteiger partial charge in [-0.05, 0) is 24.5 Å². The van der Waals surface area contributed by atoms with E-state index in [1.807, 2.05) is 0 Å². The summed E-state index contributed by atoms with van der Waals surface area (Å²) >= 11 is 7.24. The van der Waals surface area contributed by atoms with Gasteiger partial charge in [-0.2, -0.15) is 0 Å². The van der Waals surface area contributed by atoms with E-state index in [4.69, 9.17) is 17.3 Å². The van der Waals surface area contributed by atoms with Crippen LogP contribution in [0.25, 0.3) is 0 Å². The molecular weight excluding hydrogens is 271 g/mol. The van der Waals surface area contributed by atoms with Crippen molar-refractivity contribution < 1.29 is 4.39 Å². The van der Waals surface area contributed by atoms with Crippen molar-refractivity contribution in [1.82, 2.24) is 4.98 Å². The molecule has 1 heterocycles. The highest BCUT2D eigenvalue weighted by molar-refractivity contribution is 7.15. The van der Waals surface area contributed by atoms with Crippen molar-refractivity contribution in [3.8, 4) is 0 Å². The van der Waals surface area contributed by atoms with Gasteiger partial charge in [0, 0.05) is 17.2 Å². The Morgan fingerprint density at radius 2 is 2.22 bits per heavy atom. The summed E-state index contributed by atoms with van der Waals surface area (Å²) in [6.07, 6.45) is 2.84. The van der Waals surface area contributed by atoms with Crippen LogP contribution in [-0.2, 0) is 6.42 Å². The number of hydrogen-bond acceptors (Lipinski definition) is 3. The van der Waals surface area contributed by atoms with E-state index < -0.39 is 0 Å². The quantitative estimate of drug-likeness (QED) is 0.924. The molecule has 2 nitrogen and oxygen atoms in total. The van der Waals surface area contributed by atoms with E-state index in [1.54, 1.807) is 18.2 Å². The minimum atomic E-state index is -0.340. The number of aromatic nitrogens is 1. The molecule has 0 amide bonds. The van der Waals surface area contributed by atoms with Crippen molar-refractivity contribution in [2.75, 3.05) is 5.73 Å². The molecule has 1 aliphatic carbocycles. The van der Waals surface area contributed by atoms with E-state index in [0.29, 0.717) is 23.0 Å². The Labute approximate surface area is 114 Å². The third-order valence-electron chi connectivity index (χ3n) is 3.09. The molecule has 1 aromatic heterocycles. The highest BCUT2D eigenvalue weighted by Gasteiger charge is 2.29. The van der Waals surface area contributed by atoms with Gasteiger partial charge in [0.1, 0.15) is 5.82 Å². The summed E-state index contributed by atoms with van der Waals surface area (Å²) in [5.41, 5.74) is 7.41. The molecular formula is C13H12ClFN2S. The lowest BCUT2D eigenvalue weighted by atomic mass is 10.1. The maximum absolute atomic E-state index is 13.9. The highest BCUT2D eigenvalue weighted by Crippen LogP contribution is 2.43. The van der Waals surface area contributed by atoms with Crippen LogP contribution in [0.3, 0.4) is 0 Å². The molecule has 2 N–H and O–H groups in total. The van der Waals surface area contributed by atoms with E-state index >= 15 is 0 Å². The number of halogens is 2. The SMILES string of the molecule is Nc1nc(C2CC2)c(Cc2cccc(Cl)c2F)s1. The zero-order chi connectivity index (χ0) is 12.7. The van der Waals surface area contributed by atoms with Crippen molar-refractivity contribution in [3.05, 3.63) is 45.2 Å². The summed E-state index contributed by atoms with van der Waals surface area (Å²) in [7, 11) is 0. The van der Waals surface area contributed by atoms with Gasteiger partial charge in [-0.1, -0.05) is 23.7 Å². The van der Waals surface area contributed by atoms with E-state index in [1.165, 1.54) is 11.3 Å². The topological polar surface area (TPSA) is 38.9 Å². The van der Waals surface area contributed by atoms with Crippen molar-refractivity contribution >= 4 is 28.1 Å². The van der Waals surface area contributed by atoms with Crippen molar-refractivity contribution in [1.29, 1.82) is 0 Å². The van der Waals surface area contributed by atoms with Gasteiger partial charge in [-0.25, -0.2) is 9.37 Å². The number of anilines is 1. The lowest BCUT2D eigenvalue weighted by molar-refractivity contribution is 0.614. The first kappa shape index (κ1) is 11.9. The third-order valence-corrected chi connectivity index (χ3v) is 4.28. The second-order valence-electron chi connectivity index (χ2n) is 4.52. The molecule has 0 bridgehead atoms. The number of rotatable bonds is 3. The van der Waals surface area contributed by atoms with Crippen molar-refractivity contribution in [2.24, 2.45) is 0 Å². The summed E-state index contributed by atoms with van der Waals surface area (Å²) in [4.78, 5) is 5.43. The first-order valence-electron chi connectivity index (χ1n) is 5.83. The van der Waals surface area contributed by atoms with Crippen LogP contribution in [0.5, 0.6) is 0 Å². The van der Waals surface area contributed by atoms with Gasteiger partial charge in [0.2, 0.25) is 0 Å². The van der Waals surface area contributed by atoms with Gasteiger partial charge < -0.3 is 5.73 Å². The van der Waals surface area contributed by atoms with Gasteiger partial charge >= 0.3 is 0 Å². The van der Waals surface area contributed by atoms with E-state index in [-0.39, 0.29) is 10.8 Å². The first-order valence-corrected chi connectivity index (χ1v) is 7.02. The van der Waals surface area contributed by atoms with Crippen molar-refractivity contribution in [3.63, 3.8) is 0 Å². The molecule has 0 saturated heterocycles. The number of thiazole rings is 1. The molecule has 3 rings (SSSR count). The fourth-order valence-electron chi connectivity index (χ4n) is 2.04. The lowest BCUT2D eigenvalue weighted by Crippen LogP contribution is -1.94. The van der Waals surface area contributed by atoms with Gasteiger partial charge in [0.05, 0.1) is 10.7 Å². The molecule has 5 heteroatoms. The van der Waals surface area contributed by atoms with Crippen LogP contribution in [0, 0.1) is 5.82 Å². The van der Waals surface area contributed by atoms with Crippen LogP contribution in [0.15, 0.2) is 18.2 Å². The monoisotopic (exact) mass is 282 g/mol. The Morgan fingerprint density at radius 3 is 2.94 bits per heavy atom. The zero-order valence-corrected chi connectivity index (χ0v) is 11.2. The molecule has 0 unspecified atom stereocenters. The zero-order valence-electron chi connectivity index (χ0n) is 9.62. The predicted octanol–water partition coefficient (Wildman–Crippen LogP) is 3.99. The largest absolute Gasteiger partial charge is 0.375 e. The Hall–Kier alpha value is -1.13. The highest BCUT2D eigenvalue weighted by atomic mass is 35.5. The van der Waals surface area contributed by atoms with Gasteiger partial charge in [-0.3, -0.25) is 0 Å². The number of benzene rings is 1. The molecule has 0 spiro atoms. The fraction of sp³-hybridized carbons (Fsp3) is 0.308. The normalized spacial score (nSPS) is 15.0. The number of nitrogens with two attached hydrogens (primary N) is 1. The number of hydrogen-bond donors (Lipinski definition) is 1. The van der Waals surface area contributed by atoms with Crippen molar-refractivity contribution in [2.45, 2.75) is 25.2 Å². The van der Waals surface area contributed by atoms with Crippen LogP contribution in [-0.4, -0.2) is 4.98 Å². The summed E-state index contributed by atoms with van der Waals surface area (Å²) in [6, 6.07) is 5.08. The van der Waals surface area contributed by atoms with E-state index in [0.717, 1.165) is 23.4 Å². The Bertz CT molecular complexity index is 593. The lowest BCUT2D eigenvalue weighted by Gasteiger charge is -2.04. The molecule has 18 heavy (non-hydrogen) atoms. The standard InChI is InChI=1S/C13H12ClFN2S/c14-9-3-1-2-8(11(9)15)6-10-12(7-4-5-7)17-13(16)18-10/h1-3,7H,4-6H2,(H2,16,17). The molecule has 1 fully saturated rings. The second-order valence-corrected chi connectivity index (χ2v) is 6.05. The summed E-state index contributed by atoms with van der Waals surface area (Å²) in [5, 5.41) is 0.729. The first-order chi connectivity index (χ1) is 8.65. The number of nitrogens with zero attached hydrogens (tertiary/aromatic N) is 1. The van der Waals surface area contributed by atoms with Gasteiger partial charge in [-0.15, -0.1) is 11.3 Å². The minimum Gasteiger partial charge on any atom is -0.375 e. The van der Waals surface area contributed by atoms with Crippen LogP contribution in [0.4, 0.5) is 9.52 Å². The molecule has 1 saturated carbocycles. The second kappa shape index (κ2) is 4.52. The maximum atomic E-state index is 13.9. The molecule has 1 aromatic carbocycles. The molecule has 94 valence electrons. The smallest absolute Gasteiger partial charge is 0.180 e. The number of nitrogen functional groups attached to an aromatic ring is 1. The van der Waals surface area contributed by atoms with E-state index in [2.05, 4.69) is 4.98 Å². The average Bonchev–Trinajstić information content (AvgIpc) is 3.10. The summed E-state index contributed by atoms with van der Waals surface area (Å²) in [5.74, 6) is 0.184.